The number of aromatic nitrogens is 6. The zero-order chi connectivity index (χ0) is 27.4. The van der Waals surface area contributed by atoms with Gasteiger partial charge in [-0.1, -0.05) is 78.0 Å². The van der Waals surface area contributed by atoms with Crippen LogP contribution in [0.5, 0.6) is 5.75 Å². The van der Waals surface area contributed by atoms with E-state index in [2.05, 4.69) is 32.5 Å². The Balaban J connectivity index is 0.000000368. The van der Waals surface area contributed by atoms with Gasteiger partial charge in [0.2, 0.25) is 0 Å². The van der Waals surface area contributed by atoms with Gasteiger partial charge in [-0.3, -0.25) is 4.79 Å². The van der Waals surface area contributed by atoms with Gasteiger partial charge in [-0.05, 0) is 42.0 Å². The molecule has 0 saturated heterocycles. The minimum absolute atomic E-state index is 0.170. The van der Waals surface area contributed by atoms with Gasteiger partial charge in [0.15, 0.2) is 0 Å². The van der Waals surface area contributed by atoms with Crippen molar-refractivity contribution in [3.63, 3.8) is 0 Å². The lowest BCUT2D eigenvalue weighted by molar-refractivity contribution is -0.143. The molecule has 2 N–H and O–H groups in total. The summed E-state index contributed by atoms with van der Waals surface area (Å²) in [4.78, 5) is 13.5. The van der Waals surface area contributed by atoms with E-state index >= 15 is 0 Å². The summed E-state index contributed by atoms with van der Waals surface area (Å²) in [5, 5.41) is 29.3. The van der Waals surface area contributed by atoms with Crippen molar-refractivity contribution < 1.29 is 14.6 Å². The standard InChI is InChI=1S/C23H35N3O3.C6H5N3/c1-5-6-7-8-9-10-15-29-21(27)12-11-18-16-19(23(2,3)4)22(28)20(17-18)26-24-13-14-25-26;1-2-4-6-5(3-1)7-9-8-6/h13-14,16-17,28H,5-12,15H2,1-4H3;1-4H,(H,7,8,9). The number of benzene rings is 2. The van der Waals surface area contributed by atoms with Crippen molar-refractivity contribution >= 4 is 17.0 Å². The number of phenolic OH excluding ortho intramolecular Hbond substituents is 1. The number of nitrogens with zero attached hydrogens (tertiary/aromatic N) is 5. The molecule has 38 heavy (non-hydrogen) atoms. The first-order valence-corrected chi connectivity index (χ1v) is 13.4. The van der Waals surface area contributed by atoms with E-state index in [1.165, 1.54) is 30.5 Å². The maximum Gasteiger partial charge on any atom is 0.306 e. The monoisotopic (exact) mass is 520 g/mol. The van der Waals surface area contributed by atoms with Crippen LogP contribution in [-0.4, -0.2) is 48.1 Å². The molecule has 0 aliphatic rings. The molecule has 0 atom stereocenters. The summed E-state index contributed by atoms with van der Waals surface area (Å²) in [6.45, 7) is 8.83. The molecule has 0 aliphatic carbocycles. The average molecular weight is 521 g/mol. The van der Waals surface area contributed by atoms with Gasteiger partial charge in [0.25, 0.3) is 0 Å². The minimum atomic E-state index is -0.250. The van der Waals surface area contributed by atoms with Crippen LogP contribution in [0.15, 0.2) is 48.8 Å². The second-order valence-electron chi connectivity index (χ2n) is 10.4. The van der Waals surface area contributed by atoms with Gasteiger partial charge in [-0.2, -0.15) is 25.6 Å². The number of phenols is 1. The smallest absolute Gasteiger partial charge is 0.306 e. The molecule has 0 aliphatic heterocycles. The number of hydrogen-bond donors (Lipinski definition) is 2. The first-order chi connectivity index (χ1) is 18.3. The number of carbonyl (C=O) groups excluding carboxylic acids is 1. The first kappa shape index (κ1) is 28.8. The predicted octanol–water partition coefficient (Wildman–Crippen LogP) is 6.06. The average Bonchev–Trinajstić information content (AvgIpc) is 3.60. The Morgan fingerprint density at radius 3 is 2.24 bits per heavy atom. The van der Waals surface area contributed by atoms with Gasteiger partial charge in [0.05, 0.1) is 19.0 Å². The van der Waals surface area contributed by atoms with Crippen molar-refractivity contribution in [2.24, 2.45) is 0 Å². The summed E-state index contributed by atoms with van der Waals surface area (Å²) in [5.74, 6) is -0.00851. The summed E-state index contributed by atoms with van der Waals surface area (Å²) in [7, 11) is 0. The quantitative estimate of drug-likeness (QED) is 0.182. The third kappa shape index (κ3) is 8.68. The summed E-state index contributed by atoms with van der Waals surface area (Å²) < 4.78 is 5.38. The third-order valence-electron chi connectivity index (χ3n) is 6.19. The van der Waals surface area contributed by atoms with Crippen molar-refractivity contribution in [1.82, 2.24) is 30.4 Å². The highest BCUT2D eigenvalue weighted by atomic mass is 16.5. The van der Waals surface area contributed by atoms with E-state index in [-0.39, 0.29) is 17.1 Å². The molecule has 0 radical (unpaired) electrons. The molecule has 9 nitrogen and oxygen atoms in total. The molecule has 2 heterocycles. The fraction of sp³-hybridized carbons (Fsp3) is 0.483. The highest BCUT2D eigenvalue weighted by Crippen LogP contribution is 2.36. The number of para-hydroxylation sites is 2. The van der Waals surface area contributed by atoms with E-state index in [9.17, 15) is 9.90 Å². The number of carbonyl (C=O) groups is 1. The number of aromatic hydroxyl groups is 1. The Morgan fingerprint density at radius 2 is 1.61 bits per heavy atom. The summed E-state index contributed by atoms with van der Waals surface area (Å²) in [5.41, 5.74) is 3.87. The first-order valence-electron chi connectivity index (χ1n) is 13.4. The van der Waals surface area contributed by atoms with Crippen LogP contribution in [0.1, 0.15) is 83.8 Å². The molecule has 0 spiro atoms. The number of ether oxygens (including phenoxy) is 1. The van der Waals surface area contributed by atoms with Crippen LogP contribution >= 0.6 is 0 Å². The Kier molecular flexibility index (Phi) is 10.8. The zero-order valence-electron chi connectivity index (χ0n) is 23.0. The number of rotatable bonds is 11. The van der Waals surface area contributed by atoms with E-state index in [0.29, 0.717) is 25.1 Å². The van der Waals surface area contributed by atoms with Crippen LogP contribution in [0.4, 0.5) is 0 Å². The molecule has 0 amide bonds. The molecule has 2 aromatic carbocycles. The Morgan fingerprint density at radius 1 is 0.974 bits per heavy atom. The van der Waals surface area contributed by atoms with Gasteiger partial charge >= 0.3 is 5.97 Å². The number of nitrogens with one attached hydrogen (secondary N) is 1. The number of esters is 1. The minimum Gasteiger partial charge on any atom is -0.505 e. The Labute approximate surface area is 224 Å². The normalized spacial score (nSPS) is 11.3. The molecule has 0 fully saturated rings. The number of aromatic amines is 1. The van der Waals surface area contributed by atoms with E-state index in [0.717, 1.165) is 35.0 Å². The molecule has 4 aromatic rings. The van der Waals surface area contributed by atoms with Crippen LogP contribution < -0.4 is 0 Å². The largest absolute Gasteiger partial charge is 0.505 e. The van der Waals surface area contributed by atoms with Gasteiger partial charge < -0.3 is 9.84 Å². The maximum absolute atomic E-state index is 12.1. The van der Waals surface area contributed by atoms with Crippen molar-refractivity contribution in [3.05, 3.63) is 59.9 Å². The van der Waals surface area contributed by atoms with Gasteiger partial charge in [0.1, 0.15) is 22.5 Å². The number of unbranched alkanes of at least 4 members (excludes halogenated alkanes) is 5. The molecule has 204 valence electrons. The van der Waals surface area contributed by atoms with Crippen molar-refractivity contribution in [2.75, 3.05) is 6.61 Å². The number of fused-ring (bicyclic) bond motifs is 1. The summed E-state index contributed by atoms with van der Waals surface area (Å²) in [6.07, 6.45) is 11.0. The molecular formula is C29H40N6O3. The highest BCUT2D eigenvalue weighted by Gasteiger charge is 2.23. The summed E-state index contributed by atoms with van der Waals surface area (Å²) in [6, 6.07) is 11.5. The molecule has 2 aromatic heterocycles. The SMILES string of the molecule is CCCCCCCCOC(=O)CCc1cc(-n2nccn2)c(O)c(C(C)(C)C)c1.c1ccc2n[nH]nc2c1. The lowest BCUT2D eigenvalue weighted by Crippen LogP contribution is -2.14. The third-order valence-corrected chi connectivity index (χ3v) is 6.19. The summed E-state index contributed by atoms with van der Waals surface area (Å²) >= 11 is 0. The van der Waals surface area contributed by atoms with Gasteiger partial charge in [-0.15, -0.1) is 4.80 Å². The molecule has 0 saturated carbocycles. The van der Waals surface area contributed by atoms with Crippen LogP contribution in [-0.2, 0) is 21.4 Å². The van der Waals surface area contributed by atoms with E-state index in [1.807, 2.05) is 57.2 Å². The molecule has 0 bridgehead atoms. The second kappa shape index (κ2) is 14.3. The predicted molar refractivity (Wildman–Crippen MR) is 148 cm³/mol. The topological polar surface area (TPSA) is 119 Å². The molecule has 9 heteroatoms. The van der Waals surface area contributed by atoms with Crippen LogP contribution in [0, 0.1) is 0 Å². The van der Waals surface area contributed by atoms with Crippen molar-refractivity contribution in [2.45, 2.75) is 84.5 Å². The number of hydrogen-bond acceptors (Lipinski definition) is 7. The van der Waals surface area contributed by atoms with E-state index in [4.69, 9.17) is 4.74 Å². The van der Waals surface area contributed by atoms with Gasteiger partial charge in [-0.25, -0.2) is 0 Å². The highest BCUT2D eigenvalue weighted by molar-refractivity contribution is 5.72. The molecule has 4 rings (SSSR count). The fourth-order valence-corrected chi connectivity index (χ4v) is 4.06. The molecule has 0 unspecified atom stereocenters. The lowest BCUT2D eigenvalue weighted by Gasteiger charge is -2.23. The van der Waals surface area contributed by atoms with Crippen LogP contribution in [0.3, 0.4) is 0 Å². The Hall–Kier alpha value is -3.75. The number of aryl methyl sites for hydroxylation is 1. The maximum atomic E-state index is 12.1. The fourth-order valence-electron chi connectivity index (χ4n) is 4.06. The van der Waals surface area contributed by atoms with E-state index in [1.54, 1.807) is 12.4 Å². The van der Waals surface area contributed by atoms with Crippen LogP contribution in [0.2, 0.25) is 0 Å². The number of H-pyrrole nitrogens is 1. The zero-order valence-corrected chi connectivity index (χ0v) is 23.0. The second-order valence-corrected chi connectivity index (χ2v) is 10.4. The van der Waals surface area contributed by atoms with Crippen LogP contribution in [0.25, 0.3) is 16.7 Å². The van der Waals surface area contributed by atoms with Crippen molar-refractivity contribution in [1.29, 1.82) is 0 Å². The Bertz CT molecular complexity index is 1230. The van der Waals surface area contributed by atoms with Gasteiger partial charge in [0, 0.05) is 12.0 Å². The lowest BCUT2D eigenvalue weighted by atomic mass is 9.84. The van der Waals surface area contributed by atoms with Crippen molar-refractivity contribution in [3.8, 4) is 11.4 Å². The van der Waals surface area contributed by atoms with E-state index < -0.39 is 0 Å². The molecular weight excluding hydrogens is 480 g/mol.